The summed E-state index contributed by atoms with van der Waals surface area (Å²) in [5.41, 5.74) is 1.08. The van der Waals surface area contributed by atoms with Crippen molar-refractivity contribution in [2.45, 2.75) is 12.8 Å². The van der Waals surface area contributed by atoms with Crippen LogP contribution in [-0.4, -0.2) is 36.5 Å². The summed E-state index contributed by atoms with van der Waals surface area (Å²) in [5.74, 6) is -0.368. The molecule has 4 rings (SSSR count). The van der Waals surface area contributed by atoms with Crippen molar-refractivity contribution in [3.8, 4) is 0 Å². The average Bonchev–Trinajstić information content (AvgIpc) is 3.19. The molecule has 1 N–H and O–H groups in total. The lowest BCUT2D eigenvalue weighted by Gasteiger charge is -2.24. The van der Waals surface area contributed by atoms with E-state index in [0.717, 1.165) is 12.1 Å². The second kappa shape index (κ2) is 6.44. The number of likely N-dealkylation sites (tertiary alicyclic amines) is 1. The molecule has 2 aliphatic heterocycles. The van der Waals surface area contributed by atoms with Crippen LogP contribution in [0.5, 0.6) is 0 Å². The molecule has 2 aromatic carbocycles. The lowest BCUT2D eigenvalue weighted by molar-refractivity contribution is -0.117. The molecule has 134 valence electrons. The SMILES string of the molecule is O=C(Nc1ccccc1)N1CC[C@@]2(CC(=O)N(c3cccc(F)c3)C2)C1. The highest BCUT2D eigenvalue weighted by molar-refractivity contribution is 5.97. The van der Waals surface area contributed by atoms with Gasteiger partial charge < -0.3 is 15.1 Å². The number of nitrogens with one attached hydrogen (secondary N) is 1. The van der Waals surface area contributed by atoms with Crippen LogP contribution in [-0.2, 0) is 4.79 Å². The van der Waals surface area contributed by atoms with E-state index < -0.39 is 0 Å². The number of benzene rings is 2. The van der Waals surface area contributed by atoms with Crippen LogP contribution < -0.4 is 10.2 Å². The third kappa shape index (κ3) is 3.14. The van der Waals surface area contributed by atoms with Gasteiger partial charge in [-0.05, 0) is 36.8 Å². The largest absolute Gasteiger partial charge is 0.324 e. The van der Waals surface area contributed by atoms with Gasteiger partial charge in [0.25, 0.3) is 0 Å². The third-order valence-corrected chi connectivity index (χ3v) is 5.19. The highest BCUT2D eigenvalue weighted by Gasteiger charge is 2.48. The van der Waals surface area contributed by atoms with Crippen LogP contribution in [0.25, 0.3) is 0 Å². The van der Waals surface area contributed by atoms with Crippen LogP contribution in [0.15, 0.2) is 54.6 Å². The zero-order valence-electron chi connectivity index (χ0n) is 14.3. The number of hydrogen-bond acceptors (Lipinski definition) is 2. The summed E-state index contributed by atoms with van der Waals surface area (Å²) >= 11 is 0. The lowest BCUT2D eigenvalue weighted by atomic mass is 9.86. The Morgan fingerprint density at radius 3 is 2.65 bits per heavy atom. The molecule has 3 amide bonds. The van der Waals surface area contributed by atoms with Crippen LogP contribution in [0, 0.1) is 11.2 Å². The predicted octanol–water partition coefficient (Wildman–Crippen LogP) is 3.49. The second-order valence-electron chi connectivity index (χ2n) is 7.10. The van der Waals surface area contributed by atoms with Crippen molar-refractivity contribution in [1.82, 2.24) is 4.90 Å². The van der Waals surface area contributed by atoms with Crippen LogP contribution in [0.1, 0.15) is 12.8 Å². The van der Waals surface area contributed by atoms with Crippen molar-refractivity contribution >= 4 is 23.3 Å². The fraction of sp³-hybridized carbons (Fsp3) is 0.300. The van der Waals surface area contributed by atoms with E-state index in [1.165, 1.54) is 12.1 Å². The molecule has 0 bridgehead atoms. The molecule has 2 saturated heterocycles. The summed E-state index contributed by atoms with van der Waals surface area (Å²) in [6.45, 7) is 1.66. The summed E-state index contributed by atoms with van der Waals surface area (Å²) < 4.78 is 13.5. The van der Waals surface area contributed by atoms with Crippen molar-refractivity contribution in [3.05, 3.63) is 60.4 Å². The van der Waals surface area contributed by atoms with E-state index in [1.807, 2.05) is 30.3 Å². The molecule has 0 saturated carbocycles. The van der Waals surface area contributed by atoms with Gasteiger partial charge in [0.15, 0.2) is 0 Å². The average molecular weight is 353 g/mol. The van der Waals surface area contributed by atoms with Gasteiger partial charge in [0.2, 0.25) is 5.91 Å². The normalized spacial score (nSPS) is 22.3. The number of amides is 3. The van der Waals surface area contributed by atoms with Crippen molar-refractivity contribution < 1.29 is 14.0 Å². The molecule has 0 aliphatic carbocycles. The number of para-hydroxylation sites is 1. The minimum atomic E-state index is -0.355. The van der Waals surface area contributed by atoms with Gasteiger partial charge in [-0.25, -0.2) is 9.18 Å². The molecule has 5 nitrogen and oxygen atoms in total. The highest BCUT2D eigenvalue weighted by Crippen LogP contribution is 2.42. The fourth-order valence-corrected chi connectivity index (χ4v) is 3.88. The zero-order chi connectivity index (χ0) is 18.1. The van der Waals surface area contributed by atoms with Crippen LogP contribution >= 0.6 is 0 Å². The van der Waals surface area contributed by atoms with Gasteiger partial charge in [-0.1, -0.05) is 24.3 Å². The van der Waals surface area contributed by atoms with E-state index in [9.17, 15) is 14.0 Å². The molecular weight excluding hydrogens is 333 g/mol. The number of rotatable bonds is 2. The predicted molar refractivity (Wildman–Crippen MR) is 97.5 cm³/mol. The topological polar surface area (TPSA) is 52.7 Å². The van der Waals surface area contributed by atoms with E-state index in [4.69, 9.17) is 0 Å². The number of hydrogen-bond donors (Lipinski definition) is 1. The van der Waals surface area contributed by atoms with Crippen molar-refractivity contribution in [2.24, 2.45) is 5.41 Å². The number of anilines is 2. The quantitative estimate of drug-likeness (QED) is 0.899. The van der Waals surface area contributed by atoms with Crippen LogP contribution in [0.2, 0.25) is 0 Å². The smallest absolute Gasteiger partial charge is 0.321 e. The third-order valence-electron chi connectivity index (χ3n) is 5.19. The van der Waals surface area contributed by atoms with E-state index >= 15 is 0 Å². The van der Waals surface area contributed by atoms with Crippen LogP contribution in [0.3, 0.4) is 0 Å². The first-order valence-electron chi connectivity index (χ1n) is 8.72. The Morgan fingerprint density at radius 2 is 1.88 bits per heavy atom. The standard InChI is InChI=1S/C20H20FN3O2/c21-15-5-4-8-17(11-15)24-14-20(12-18(24)25)9-10-23(13-20)19(26)22-16-6-2-1-3-7-16/h1-8,11H,9-10,12-14H2,(H,22,26)/t20-/m1/s1. The molecule has 0 aromatic heterocycles. The zero-order valence-corrected chi connectivity index (χ0v) is 14.3. The Morgan fingerprint density at radius 1 is 1.08 bits per heavy atom. The lowest BCUT2D eigenvalue weighted by Crippen LogP contribution is -2.36. The molecule has 2 aliphatic rings. The first-order valence-corrected chi connectivity index (χ1v) is 8.72. The van der Waals surface area contributed by atoms with Crippen molar-refractivity contribution in [1.29, 1.82) is 0 Å². The first kappa shape index (κ1) is 16.6. The summed E-state index contributed by atoms with van der Waals surface area (Å²) in [6, 6.07) is 15.3. The summed E-state index contributed by atoms with van der Waals surface area (Å²) in [4.78, 5) is 28.4. The van der Waals surface area contributed by atoms with Gasteiger partial charge in [-0.15, -0.1) is 0 Å². The number of urea groups is 1. The number of carbonyl (C=O) groups excluding carboxylic acids is 2. The molecule has 0 unspecified atom stereocenters. The minimum Gasteiger partial charge on any atom is -0.324 e. The molecule has 2 fully saturated rings. The first-order chi connectivity index (χ1) is 12.5. The van der Waals surface area contributed by atoms with Gasteiger partial charge in [-0.3, -0.25) is 4.79 Å². The molecule has 2 heterocycles. The van der Waals surface area contributed by atoms with E-state index in [2.05, 4.69) is 5.32 Å². The molecule has 2 aromatic rings. The Kier molecular flexibility index (Phi) is 4.11. The molecule has 26 heavy (non-hydrogen) atoms. The Hall–Kier alpha value is -2.89. The number of nitrogens with zero attached hydrogens (tertiary/aromatic N) is 2. The van der Waals surface area contributed by atoms with Crippen molar-refractivity contribution in [3.63, 3.8) is 0 Å². The minimum absolute atomic E-state index is 0.0130. The maximum atomic E-state index is 13.5. The molecule has 0 radical (unpaired) electrons. The van der Waals surface area contributed by atoms with Gasteiger partial charge in [0.05, 0.1) is 0 Å². The second-order valence-corrected chi connectivity index (χ2v) is 7.10. The summed E-state index contributed by atoms with van der Waals surface area (Å²) in [6.07, 6.45) is 1.16. The number of halogens is 1. The van der Waals surface area contributed by atoms with Crippen molar-refractivity contribution in [2.75, 3.05) is 29.9 Å². The molecule has 6 heteroatoms. The van der Waals surface area contributed by atoms with E-state index in [-0.39, 0.29) is 23.2 Å². The Balaban J connectivity index is 1.44. The maximum absolute atomic E-state index is 13.5. The van der Waals surface area contributed by atoms with Crippen LogP contribution in [0.4, 0.5) is 20.6 Å². The number of carbonyl (C=O) groups is 2. The Labute approximate surface area is 151 Å². The summed E-state index contributed by atoms with van der Waals surface area (Å²) in [5, 5.41) is 2.89. The Bertz CT molecular complexity index is 842. The fourth-order valence-electron chi connectivity index (χ4n) is 3.88. The highest BCUT2D eigenvalue weighted by atomic mass is 19.1. The summed E-state index contributed by atoms with van der Waals surface area (Å²) in [7, 11) is 0. The van der Waals surface area contributed by atoms with Gasteiger partial charge in [-0.2, -0.15) is 0 Å². The molecule has 1 spiro atoms. The van der Waals surface area contributed by atoms with E-state index in [0.29, 0.717) is 31.7 Å². The molecular formula is C20H20FN3O2. The van der Waals surface area contributed by atoms with Gasteiger partial charge in [0, 0.05) is 42.8 Å². The van der Waals surface area contributed by atoms with Gasteiger partial charge in [0.1, 0.15) is 5.82 Å². The molecule has 1 atom stereocenters. The van der Waals surface area contributed by atoms with Gasteiger partial charge >= 0.3 is 6.03 Å². The monoisotopic (exact) mass is 353 g/mol. The maximum Gasteiger partial charge on any atom is 0.321 e. The van der Waals surface area contributed by atoms with E-state index in [1.54, 1.807) is 21.9 Å².